The van der Waals surface area contributed by atoms with Gasteiger partial charge in [0.05, 0.1) is 0 Å². The molecule has 0 radical (unpaired) electrons. The van der Waals surface area contributed by atoms with Crippen LogP contribution in [0.4, 0.5) is 0 Å². The van der Waals surface area contributed by atoms with Crippen LogP contribution in [0.3, 0.4) is 0 Å². The molecule has 0 bridgehead atoms. The van der Waals surface area contributed by atoms with Crippen molar-refractivity contribution in [2.45, 2.75) is 19.8 Å². The minimum atomic E-state index is -0.900. The fourth-order valence-electron chi connectivity index (χ4n) is 2.05. The van der Waals surface area contributed by atoms with Crippen LogP contribution in [0.5, 0.6) is 0 Å². The Balaban J connectivity index is 2.40. The van der Waals surface area contributed by atoms with Crippen molar-refractivity contribution >= 4 is 5.97 Å². The van der Waals surface area contributed by atoms with Gasteiger partial charge in [-0.05, 0) is 29.2 Å². The lowest BCUT2D eigenvalue weighted by Gasteiger charge is -2.08. The van der Waals surface area contributed by atoms with Crippen LogP contribution in [0.15, 0.2) is 36.4 Å². The first-order valence-electron chi connectivity index (χ1n) is 6.00. The molecular weight excluding hydrogens is 226 g/mol. The largest absolute Gasteiger partial charge is 0.477 e. The average molecular weight is 243 g/mol. The van der Waals surface area contributed by atoms with Crippen LogP contribution < -0.4 is 0 Å². The molecular formula is C15H17NO2. The monoisotopic (exact) mass is 243 g/mol. The van der Waals surface area contributed by atoms with E-state index in [2.05, 4.69) is 26.0 Å². The molecule has 2 rings (SSSR count). The van der Waals surface area contributed by atoms with Gasteiger partial charge in [0, 0.05) is 12.7 Å². The highest BCUT2D eigenvalue weighted by Crippen LogP contribution is 2.24. The summed E-state index contributed by atoms with van der Waals surface area (Å²) >= 11 is 0. The number of aromatic nitrogens is 1. The fraction of sp³-hybridized carbons (Fsp3) is 0.267. The van der Waals surface area contributed by atoms with E-state index in [1.54, 1.807) is 17.7 Å². The molecule has 3 heteroatoms. The molecule has 18 heavy (non-hydrogen) atoms. The minimum absolute atomic E-state index is 0.304. The molecule has 0 aliphatic heterocycles. The van der Waals surface area contributed by atoms with Gasteiger partial charge >= 0.3 is 5.97 Å². The molecule has 0 unspecified atom stereocenters. The highest BCUT2D eigenvalue weighted by atomic mass is 16.4. The van der Waals surface area contributed by atoms with E-state index in [9.17, 15) is 4.79 Å². The van der Waals surface area contributed by atoms with Gasteiger partial charge in [-0.1, -0.05) is 38.1 Å². The predicted molar refractivity (Wildman–Crippen MR) is 71.9 cm³/mol. The highest BCUT2D eigenvalue weighted by molar-refractivity contribution is 5.87. The smallest absolute Gasteiger partial charge is 0.352 e. The molecule has 0 aliphatic carbocycles. The van der Waals surface area contributed by atoms with Gasteiger partial charge < -0.3 is 9.67 Å². The Bertz CT molecular complexity index is 565. The third kappa shape index (κ3) is 2.16. The molecule has 0 saturated carbocycles. The Morgan fingerprint density at radius 2 is 1.72 bits per heavy atom. The predicted octanol–water partition coefficient (Wildman–Crippen LogP) is 3.51. The van der Waals surface area contributed by atoms with Gasteiger partial charge in [0.1, 0.15) is 5.69 Å². The van der Waals surface area contributed by atoms with E-state index >= 15 is 0 Å². The standard InChI is InChI=1S/C15H17NO2/c1-10(2)11-4-6-12(7-5-11)13-8-9-14(15(17)18)16(13)3/h4-10H,1-3H3,(H,17,18). The molecule has 1 aromatic heterocycles. The average Bonchev–Trinajstić information content (AvgIpc) is 2.71. The van der Waals surface area contributed by atoms with E-state index in [0.717, 1.165) is 11.3 Å². The molecule has 0 atom stereocenters. The minimum Gasteiger partial charge on any atom is -0.477 e. The second-order valence-electron chi connectivity index (χ2n) is 4.74. The first-order valence-corrected chi connectivity index (χ1v) is 6.00. The second kappa shape index (κ2) is 4.69. The summed E-state index contributed by atoms with van der Waals surface area (Å²) in [6.45, 7) is 4.31. The molecule has 94 valence electrons. The molecule has 1 aromatic carbocycles. The zero-order valence-electron chi connectivity index (χ0n) is 10.8. The maximum Gasteiger partial charge on any atom is 0.352 e. The maximum atomic E-state index is 11.0. The molecule has 2 aromatic rings. The summed E-state index contributed by atoms with van der Waals surface area (Å²) in [6.07, 6.45) is 0. The van der Waals surface area contributed by atoms with Crippen molar-refractivity contribution in [3.05, 3.63) is 47.7 Å². The van der Waals surface area contributed by atoms with Gasteiger partial charge in [-0.15, -0.1) is 0 Å². The number of carboxylic acids is 1. The summed E-state index contributed by atoms with van der Waals surface area (Å²) < 4.78 is 1.70. The first-order chi connectivity index (χ1) is 8.50. The second-order valence-corrected chi connectivity index (χ2v) is 4.74. The summed E-state index contributed by atoms with van der Waals surface area (Å²) in [4.78, 5) is 11.0. The summed E-state index contributed by atoms with van der Waals surface area (Å²) in [5.74, 6) is -0.399. The van der Waals surface area contributed by atoms with E-state index in [0.29, 0.717) is 11.6 Å². The van der Waals surface area contributed by atoms with Crippen LogP contribution in [-0.4, -0.2) is 15.6 Å². The zero-order chi connectivity index (χ0) is 13.3. The molecule has 0 aliphatic rings. The quantitative estimate of drug-likeness (QED) is 0.896. The summed E-state index contributed by atoms with van der Waals surface area (Å²) in [5.41, 5.74) is 3.54. The summed E-state index contributed by atoms with van der Waals surface area (Å²) in [6, 6.07) is 11.7. The van der Waals surface area contributed by atoms with Gasteiger partial charge in [-0.3, -0.25) is 0 Å². The van der Waals surface area contributed by atoms with E-state index in [1.165, 1.54) is 5.56 Å². The number of nitrogens with zero attached hydrogens (tertiary/aromatic N) is 1. The van der Waals surface area contributed by atoms with Crippen LogP contribution in [-0.2, 0) is 7.05 Å². The van der Waals surface area contributed by atoms with Gasteiger partial charge in [0.2, 0.25) is 0 Å². The first kappa shape index (κ1) is 12.4. The van der Waals surface area contributed by atoms with E-state index in [-0.39, 0.29) is 0 Å². The Labute approximate surface area is 107 Å². The van der Waals surface area contributed by atoms with Gasteiger partial charge in [0.15, 0.2) is 0 Å². The Morgan fingerprint density at radius 3 is 2.17 bits per heavy atom. The van der Waals surface area contributed by atoms with Crippen molar-refractivity contribution in [2.24, 2.45) is 7.05 Å². The third-order valence-corrected chi connectivity index (χ3v) is 3.21. The Morgan fingerprint density at radius 1 is 1.11 bits per heavy atom. The lowest BCUT2D eigenvalue weighted by atomic mass is 10.0. The van der Waals surface area contributed by atoms with Gasteiger partial charge in [-0.25, -0.2) is 4.79 Å². The Hall–Kier alpha value is -2.03. The lowest BCUT2D eigenvalue weighted by molar-refractivity contribution is 0.0687. The molecule has 0 amide bonds. The topological polar surface area (TPSA) is 42.2 Å². The third-order valence-electron chi connectivity index (χ3n) is 3.21. The number of hydrogen-bond acceptors (Lipinski definition) is 1. The van der Waals surface area contributed by atoms with Crippen molar-refractivity contribution in [3.63, 3.8) is 0 Å². The maximum absolute atomic E-state index is 11.0. The van der Waals surface area contributed by atoms with E-state index in [4.69, 9.17) is 5.11 Å². The van der Waals surface area contributed by atoms with Crippen molar-refractivity contribution in [3.8, 4) is 11.3 Å². The van der Waals surface area contributed by atoms with Gasteiger partial charge in [0.25, 0.3) is 0 Å². The normalized spacial score (nSPS) is 10.9. The molecule has 0 fully saturated rings. The van der Waals surface area contributed by atoms with Crippen LogP contribution >= 0.6 is 0 Å². The van der Waals surface area contributed by atoms with Crippen LogP contribution in [0.2, 0.25) is 0 Å². The van der Waals surface area contributed by atoms with Crippen molar-refractivity contribution in [2.75, 3.05) is 0 Å². The fourth-order valence-corrected chi connectivity index (χ4v) is 2.05. The van der Waals surface area contributed by atoms with Gasteiger partial charge in [-0.2, -0.15) is 0 Å². The lowest BCUT2D eigenvalue weighted by Crippen LogP contribution is -2.05. The highest BCUT2D eigenvalue weighted by Gasteiger charge is 2.12. The molecule has 1 heterocycles. The molecule has 0 spiro atoms. The summed E-state index contributed by atoms with van der Waals surface area (Å²) in [5, 5.41) is 9.02. The number of carbonyl (C=O) groups is 1. The van der Waals surface area contributed by atoms with Crippen LogP contribution in [0, 0.1) is 0 Å². The summed E-state index contributed by atoms with van der Waals surface area (Å²) in [7, 11) is 1.77. The Kier molecular flexibility index (Phi) is 3.24. The van der Waals surface area contributed by atoms with Crippen molar-refractivity contribution in [1.29, 1.82) is 0 Å². The number of aromatic carboxylic acids is 1. The van der Waals surface area contributed by atoms with Crippen LogP contribution in [0.1, 0.15) is 35.8 Å². The number of hydrogen-bond donors (Lipinski definition) is 1. The van der Waals surface area contributed by atoms with Crippen LogP contribution in [0.25, 0.3) is 11.3 Å². The van der Waals surface area contributed by atoms with E-state index < -0.39 is 5.97 Å². The molecule has 3 nitrogen and oxygen atoms in total. The number of benzene rings is 1. The number of carboxylic acid groups (broad SMARTS) is 1. The van der Waals surface area contributed by atoms with Crippen molar-refractivity contribution in [1.82, 2.24) is 4.57 Å². The number of rotatable bonds is 3. The van der Waals surface area contributed by atoms with Crippen molar-refractivity contribution < 1.29 is 9.90 Å². The van der Waals surface area contributed by atoms with E-state index in [1.807, 2.05) is 18.2 Å². The SMILES string of the molecule is CC(C)c1ccc(-c2ccc(C(=O)O)n2C)cc1. The zero-order valence-corrected chi connectivity index (χ0v) is 10.8. The molecule has 1 N–H and O–H groups in total. The molecule has 0 saturated heterocycles.